The standard InChI is InChI=1S/C26H26FNO3S/c27-23-6-1-4-20(14-23)9-10-26(29)28(17-25-8-3-12-30-25)16-21-5-2-7-24(15-21)31-18-22-11-13-32-19-22/h1-2,4-7,9-11,13-15,19,25H,3,8,12,16-18H2. The summed E-state index contributed by atoms with van der Waals surface area (Å²) in [5.74, 6) is 0.318. The van der Waals surface area contributed by atoms with E-state index in [9.17, 15) is 9.18 Å². The van der Waals surface area contributed by atoms with Crippen LogP contribution in [0.4, 0.5) is 4.39 Å². The predicted molar refractivity (Wildman–Crippen MR) is 125 cm³/mol. The summed E-state index contributed by atoms with van der Waals surface area (Å²) in [6, 6.07) is 16.1. The monoisotopic (exact) mass is 451 g/mol. The van der Waals surface area contributed by atoms with Gasteiger partial charge in [0.05, 0.1) is 6.10 Å². The number of amides is 1. The molecule has 1 fully saturated rings. The van der Waals surface area contributed by atoms with E-state index in [2.05, 4.69) is 5.38 Å². The van der Waals surface area contributed by atoms with Gasteiger partial charge in [0.2, 0.25) is 5.91 Å². The number of carbonyl (C=O) groups excluding carboxylic acids is 1. The molecule has 4 nitrogen and oxygen atoms in total. The molecule has 0 bridgehead atoms. The van der Waals surface area contributed by atoms with E-state index in [4.69, 9.17) is 9.47 Å². The summed E-state index contributed by atoms with van der Waals surface area (Å²) in [5.41, 5.74) is 2.77. The highest BCUT2D eigenvalue weighted by molar-refractivity contribution is 7.07. The zero-order valence-electron chi connectivity index (χ0n) is 17.8. The molecule has 1 unspecified atom stereocenters. The van der Waals surface area contributed by atoms with Crippen LogP contribution in [0.3, 0.4) is 0 Å². The van der Waals surface area contributed by atoms with E-state index in [1.54, 1.807) is 34.4 Å². The Morgan fingerprint density at radius 3 is 2.88 bits per heavy atom. The Bertz CT molecular complexity index is 1040. The first-order chi connectivity index (χ1) is 15.7. The average molecular weight is 452 g/mol. The minimum Gasteiger partial charge on any atom is -0.489 e. The molecular formula is C26H26FNO3S. The Hall–Kier alpha value is -2.96. The molecule has 2 aromatic carbocycles. The van der Waals surface area contributed by atoms with E-state index in [1.807, 2.05) is 35.7 Å². The van der Waals surface area contributed by atoms with Gasteiger partial charge in [-0.3, -0.25) is 4.79 Å². The molecule has 3 aromatic rings. The van der Waals surface area contributed by atoms with Crippen LogP contribution < -0.4 is 4.74 Å². The lowest BCUT2D eigenvalue weighted by Crippen LogP contribution is -2.35. The molecule has 0 radical (unpaired) electrons. The molecule has 32 heavy (non-hydrogen) atoms. The first kappa shape index (κ1) is 22.2. The minimum atomic E-state index is -0.324. The van der Waals surface area contributed by atoms with E-state index in [-0.39, 0.29) is 17.8 Å². The van der Waals surface area contributed by atoms with Crippen LogP contribution in [-0.4, -0.2) is 30.1 Å². The van der Waals surface area contributed by atoms with E-state index < -0.39 is 0 Å². The van der Waals surface area contributed by atoms with Crippen molar-refractivity contribution >= 4 is 23.3 Å². The molecule has 0 N–H and O–H groups in total. The number of nitrogens with zero attached hydrogens (tertiary/aromatic N) is 1. The van der Waals surface area contributed by atoms with Gasteiger partial charge in [-0.15, -0.1) is 0 Å². The van der Waals surface area contributed by atoms with Crippen LogP contribution in [0.2, 0.25) is 0 Å². The van der Waals surface area contributed by atoms with Gasteiger partial charge in [-0.2, -0.15) is 11.3 Å². The molecule has 1 saturated heterocycles. The summed E-state index contributed by atoms with van der Waals surface area (Å²) in [7, 11) is 0. The molecule has 1 amide bonds. The minimum absolute atomic E-state index is 0.0412. The second-order valence-corrected chi connectivity index (χ2v) is 8.59. The van der Waals surface area contributed by atoms with Crippen molar-refractivity contribution in [2.24, 2.45) is 0 Å². The van der Waals surface area contributed by atoms with Crippen molar-refractivity contribution in [1.82, 2.24) is 4.90 Å². The normalized spacial score (nSPS) is 15.8. The van der Waals surface area contributed by atoms with Crippen LogP contribution in [0.15, 0.2) is 71.4 Å². The number of thiophene rings is 1. The van der Waals surface area contributed by atoms with Gasteiger partial charge in [0.1, 0.15) is 18.2 Å². The predicted octanol–water partition coefficient (Wildman–Crippen LogP) is 5.69. The summed E-state index contributed by atoms with van der Waals surface area (Å²) < 4.78 is 25.1. The van der Waals surface area contributed by atoms with Crippen LogP contribution in [0.5, 0.6) is 5.75 Å². The molecule has 6 heteroatoms. The molecule has 0 aliphatic carbocycles. The maximum atomic E-state index is 13.4. The molecule has 4 rings (SSSR count). The van der Waals surface area contributed by atoms with Crippen LogP contribution in [0.25, 0.3) is 6.08 Å². The molecule has 166 valence electrons. The fraction of sp³-hybridized carbons (Fsp3) is 0.269. The van der Waals surface area contributed by atoms with Crippen molar-refractivity contribution in [3.63, 3.8) is 0 Å². The number of hydrogen-bond acceptors (Lipinski definition) is 4. The quantitative estimate of drug-likeness (QED) is 0.393. The lowest BCUT2D eigenvalue weighted by atomic mass is 10.1. The Morgan fingerprint density at radius 1 is 1.19 bits per heavy atom. The SMILES string of the molecule is O=C(C=Cc1cccc(F)c1)N(Cc1cccc(OCc2ccsc2)c1)CC1CCCO1. The van der Waals surface area contributed by atoms with Crippen LogP contribution in [0, 0.1) is 5.82 Å². The number of rotatable bonds is 9. The maximum Gasteiger partial charge on any atom is 0.246 e. The summed E-state index contributed by atoms with van der Waals surface area (Å²) in [6.45, 7) is 2.22. The van der Waals surface area contributed by atoms with Crippen molar-refractivity contribution in [3.8, 4) is 5.75 Å². The molecular weight excluding hydrogens is 425 g/mol. The average Bonchev–Trinajstić information content (AvgIpc) is 3.50. The van der Waals surface area contributed by atoms with Crippen molar-refractivity contribution in [3.05, 3.63) is 93.9 Å². The third kappa shape index (κ3) is 6.52. The second-order valence-electron chi connectivity index (χ2n) is 7.81. The molecule has 1 atom stereocenters. The van der Waals surface area contributed by atoms with Gasteiger partial charge in [0, 0.05) is 25.8 Å². The lowest BCUT2D eigenvalue weighted by molar-refractivity contribution is -0.128. The van der Waals surface area contributed by atoms with Crippen LogP contribution in [-0.2, 0) is 22.7 Å². The molecule has 1 aliphatic rings. The van der Waals surface area contributed by atoms with Crippen molar-refractivity contribution in [2.75, 3.05) is 13.2 Å². The third-order valence-electron chi connectivity index (χ3n) is 5.28. The summed E-state index contributed by atoms with van der Waals surface area (Å²) in [5, 5.41) is 4.10. The Kier molecular flexibility index (Phi) is 7.69. The number of benzene rings is 2. The lowest BCUT2D eigenvalue weighted by Gasteiger charge is -2.24. The highest BCUT2D eigenvalue weighted by atomic mass is 32.1. The largest absolute Gasteiger partial charge is 0.489 e. The van der Waals surface area contributed by atoms with Gasteiger partial charge in [-0.1, -0.05) is 24.3 Å². The highest BCUT2D eigenvalue weighted by Gasteiger charge is 2.22. The van der Waals surface area contributed by atoms with E-state index in [0.717, 1.165) is 36.3 Å². The van der Waals surface area contributed by atoms with E-state index in [0.29, 0.717) is 25.3 Å². The number of hydrogen-bond donors (Lipinski definition) is 0. The van der Waals surface area contributed by atoms with E-state index in [1.165, 1.54) is 18.2 Å². The maximum absolute atomic E-state index is 13.4. The third-order valence-corrected chi connectivity index (χ3v) is 6.02. The number of halogens is 1. The number of carbonyl (C=O) groups is 1. The highest BCUT2D eigenvalue weighted by Crippen LogP contribution is 2.20. The summed E-state index contributed by atoms with van der Waals surface area (Å²) in [4.78, 5) is 14.8. The Labute approximate surface area is 191 Å². The van der Waals surface area contributed by atoms with E-state index >= 15 is 0 Å². The molecule has 0 saturated carbocycles. The van der Waals surface area contributed by atoms with Crippen molar-refractivity contribution in [2.45, 2.75) is 32.1 Å². The topological polar surface area (TPSA) is 38.8 Å². The molecule has 0 spiro atoms. The fourth-order valence-corrected chi connectivity index (χ4v) is 4.30. The molecule has 1 aliphatic heterocycles. The first-order valence-electron chi connectivity index (χ1n) is 10.7. The summed E-state index contributed by atoms with van der Waals surface area (Å²) in [6.07, 6.45) is 5.15. The van der Waals surface area contributed by atoms with Gasteiger partial charge in [-0.25, -0.2) is 4.39 Å². The van der Waals surface area contributed by atoms with Crippen LogP contribution >= 0.6 is 11.3 Å². The summed E-state index contributed by atoms with van der Waals surface area (Å²) >= 11 is 1.64. The Balaban J connectivity index is 1.45. The fourth-order valence-electron chi connectivity index (χ4n) is 3.65. The van der Waals surface area contributed by atoms with Crippen LogP contribution in [0.1, 0.15) is 29.5 Å². The Morgan fingerprint density at radius 2 is 2.09 bits per heavy atom. The van der Waals surface area contributed by atoms with Crippen molar-refractivity contribution in [1.29, 1.82) is 0 Å². The smallest absolute Gasteiger partial charge is 0.246 e. The number of ether oxygens (including phenoxy) is 2. The van der Waals surface area contributed by atoms with Gasteiger partial charge >= 0.3 is 0 Å². The first-order valence-corrected chi connectivity index (χ1v) is 11.7. The van der Waals surface area contributed by atoms with Crippen molar-refractivity contribution < 1.29 is 18.7 Å². The van der Waals surface area contributed by atoms with Gasteiger partial charge in [0.15, 0.2) is 0 Å². The zero-order chi connectivity index (χ0) is 22.2. The van der Waals surface area contributed by atoms with Gasteiger partial charge in [-0.05, 0) is 76.7 Å². The zero-order valence-corrected chi connectivity index (χ0v) is 18.6. The van der Waals surface area contributed by atoms with Gasteiger partial charge < -0.3 is 14.4 Å². The van der Waals surface area contributed by atoms with Gasteiger partial charge in [0.25, 0.3) is 0 Å². The molecule has 1 aromatic heterocycles. The second kappa shape index (κ2) is 11.1. The molecule has 2 heterocycles.